The Kier molecular flexibility index (Phi) is 11.0. The molecule has 1 aromatic carbocycles. The molecule has 2 aliphatic rings. The highest BCUT2D eigenvalue weighted by molar-refractivity contribution is 14.0. The fraction of sp³-hybridized carbons (Fsp3) is 0.682. The van der Waals surface area contributed by atoms with Crippen molar-refractivity contribution in [3.05, 3.63) is 34.9 Å². The highest BCUT2D eigenvalue weighted by Gasteiger charge is 2.44. The summed E-state index contributed by atoms with van der Waals surface area (Å²) in [5, 5.41) is 7.59. The lowest BCUT2D eigenvalue weighted by Crippen LogP contribution is -2.38. The summed E-state index contributed by atoms with van der Waals surface area (Å²) in [5.41, 5.74) is 1.47. The van der Waals surface area contributed by atoms with Crippen molar-refractivity contribution in [2.24, 2.45) is 10.9 Å². The van der Waals surface area contributed by atoms with E-state index in [4.69, 9.17) is 26.1 Å². The predicted molar refractivity (Wildman–Crippen MR) is 131 cm³/mol. The molecule has 2 fully saturated rings. The van der Waals surface area contributed by atoms with Crippen LogP contribution in [0.2, 0.25) is 5.02 Å². The van der Waals surface area contributed by atoms with Crippen LogP contribution in [0, 0.1) is 5.92 Å². The first-order valence-corrected chi connectivity index (χ1v) is 11.0. The molecule has 29 heavy (non-hydrogen) atoms. The van der Waals surface area contributed by atoms with E-state index < -0.39 is 0 Å². The molecular formula is C22H35ClIN3O2. The van der Waals surface area contributed by atoms with Gasteiger partial charge in [-0.25, -0.2) is 0 Å². The zero-order chi connectivity index (χ0) is 19.7. The van der Waals surface area contributed by atoms with Gasteiger partial charge in [0.2, 0.25) is 0 Å². The number of nitrogens with one attached hydrogen (secondary N) is 2. The summed E-state index contributed by atoms with van der Waals surface area (Å²) >= 11 is 6.17. The second-order valence-corrected chi connectivity index (χ2v) is 8.33. The number of nitrogens with zero attached hydrogens (tertiary/aromatic N) is 1. The van der Waals surface area contributed by atoms with Crippen LogP contribution < -0.4 is 10.6 Å². The average molecular weight is 536 g/mol. The van der Waals surface area contributed by atoms with Crippen LogP contribution in [0.5, 0.6) is 0 Å². The van der Waals surface area contributed by atoms with E-state index in [0.717, 1.165) is 76.3 Å². The molecule has 3 rings (SSSR count). The van der Waals surface area contributed by atoms with Crippen molar-refractivity contribution in [3.8, 4) is 0 Å². The van der Waals surface area contributed by atoms with Crippen LogP contribution in [-0.2, 0) is 14.9 Å². The minimum atomic E-state index is 0. The van der Waals surface area contributed by atoms with Crippen LogP contribution >= 0.6 is 35.6 Å². The molecule has 1 aliphatic heterocycles. The normalized spacial score (nSPS) is 18.8. The van der Waals surface area contributed by atoms with Gasteiger partial charge >= 0.3 is 0 Å². The fourth-order valence-corrected chi connectivity index (χ4v) is 3.81. The van der Waals surface area contributed by atoms with Crippen LogP contribution in [0.15, 0.2) is 29.3 Å². The average Bonchev–Trinajstić information content (AvgIpc) is 3.51. The van der Waals surface area contributed by atoms with E-state index in [-0.39, 0.29) is 29.4 Å². The van der Waals surface area contributed by atoms with Crippen molar-refractivity contribution >= 4 is 41.5 Å². The Balaban J connectivity index is 0.00000300. The van der Waals surface area contributed by atoms with Crippen molar-refractivity contribution in [2.75, 3.05) is 46.1 Å². The Hall–Kier alpha value is -0.570. The lowest BCUT2D eigenvalue weighted by molar-refractivity contribution is 0.0203. The Labute approximate surface area is 197 Å². The van der Waals surface area contributed by atoms with Gasteiger partial charge in [0, 0.05) is 50.0 Å². The van der Waals surface area contributed by atoms with Crippen molar-refractivity contribution in [2.45, 2.75) is 44.4 Å². The maximum Gasteiger partial charge on any atom is 0.191 e. The van der Waals surface area contributed by atoms with Gasteiger partial charge in [0.05, 0.1) is 6.54 Å². The Morgan fingerprint density at radius 2 is 2.07 bits per heavy atom. The second-order valence-electron chi connectivity index (χ2n) is 7.90. The van der Waals surface area contributed by atoms with E-state index in [1.807, 2.05) is 12.1 Å². The Morgan fingerprint density at radius 1 is 1.28 bits per heavy atom. The first-order valence-electron chi connectivity index (χ1n) is 10.7. The van der Waals surface area contributed by atoms with E-state index in [9.17, 15) is 0 Å². The largest absolute Gasteiger partial charge is 0.381 e. The summed E-state index contributed by atoms with van der Waals surface area (Å²) in [4.78, 5) is 4.84. The molecular weight excluding hydrogens is 501 g/mol. The number of guanidine groups is 1. The van der Waals surface area contributed by atoms with E-state index in [1.165, 1.54) is 18.4 Å². The summed E-state index contributed by atoms with van der Waals surface area (Å²) in [5.74, 6) is 1.56. The summed E-state index contributed by atoms with van der Waals surface area (Å²) in [6.07, 6.45) is 5.59. The monoisotopic (exact) mass is 535 g/mol. The molecule has 0 bridgehead atoms. The minimum absolute atomic E-state index is 0. The van der Waals surface area contributed by atoms with Crippen LogP contribution in [0.25, 0.3) is 0 Å². The molecule has 164 valence electrons. The van der Waals surface area contributed by atoms with Gasteiger partial charge in [-0.3, -0.25) is 4.99 Å². The van der Waals surface area contributed by atoms with Crippen LogP contribution in [-0.4, -0.2) is 52.0 Å². The summed E-state index contributed by atoms with van der Waals surface area (Å²) in [6.45, 7) is 8.03. The third-order valence-corrected chi connectivity index (χ3v) is 5.86. The molecule has 1 aromatic rings. The number of hydrogen-bond acceptors (Lipinski definition) is 3. The van der Waals surface area contributed by atoms with Gasteiger partial charge < -0.3 is 20.1 Å². The molecule has 0 atom stereocenters. The number of halogens is 2. The quantitative estimate of drug-likeness (QED) is 0.202. The van der Waals surface area contributed by atoms with E-state index in [1.54, 1.807) is 0 Å². The molecule has 7 heteroatoms. The van der Waals surface area contributed by atoms with Gasteiger partial charge in [-0.1, -0.05) is 23.7 Å². The van der Waals surface area contributed by atoms with Crippen LogP contribution in [0.3, 0.4) is 0 Å². The minimum Gasteiger partial charge on any atom is -0.381 e. The molecule has 1 saturated heterocycles. The van der Waals surface area contributed by atoms with Gasteiger partial charge in [0.1, 0.15) is 0 Å². The van der Waals surface area contributed by atoms with Crippen LogP contribution in [0.1, 0.15) is 44.6 Å². The third-order valence-electron chi connectivity index (χ3n) is 5.63. The van der Waals surface area contributed by atoms with Crippen molar-refractivity contribution in [1.82, 2.24) is 10.6 Å². The maximum absolute atomic E-state index is 6.17. The molecule has 0 spiro atoms. The van der Waals surface area contributed by atoms with E-state index in [2.05, 4.69) is 29.7 Å². The topological polar surface area (TPSA) is 54.9 Å². The maximum atomic E-state index is 6.17. The summed E-state index contributed by atoms with van der Waals surface area (Å²) < 4.78 is 11.2. The summed E-state index contributed by atoms with van der Waals surface area (Å²) in [6, 6.07) is 8.22. The molecule has 2 N–H and O–H groups in total. The predicted octanol–water partition coefficient (Wildman–Crippen LogP) is 4.38. The molecule has 5 nitrogen and oxygen atoms in total. The highest BCUT2D eigenvalue weighted by Crippen LogP contribution is 2.48. The standard InChI is InChI=1S/C22H34ClN3O2.HI/c1-2-24-21(25-11-4-12-28-16-18-7-13-27-14-8-18)26-17-22(9-10-22)19-5-3-6-20(23)15-19;/h3,5-6,15,18H,2,4,7-14,16-17H2,1H3,(H2,24,25,26);1H. The van der Waals surface area contributed by atoms with E-state index in [0.29, 0.717) is 5.92 Å². The SMILES string of the molecule is CCNC(=NCC1(c2cccc(Cl)c2)CC1)NCCCOCC1CCOCC1.I. The van der Waals surface area contributed by atoms with Gasteiger partial charge in [-0.15, -0.1) is 24.0 Å². The molecule has 0 aromatic heterocycles. The zero-order valence-corrected chi connectivity index (χ0v) is 20.5. The van der Waals surface area contributed by atoms with E-state index >= 15 is 0 Å². The lowest BCUT2D eigenvalue weighted by atomic mass is 9.96. The second kappa shape index (κ2) is 13.0. The molecule has 1 aliphatic carbocycles. The molecule has 0 amide bonds. The Morgan fingerprint density at radius 3 is 2.76 bits per heavy atom. The molecule has 0 unspecified atom stereocenters. The van der Waals surface area contributed by atoms with Gasteiger partial charge in [0.15, 0.2) is 5.96 Å². The van der Waals surface area contributed by atoms with Crippen molar-refractivity contribution < 1.29 is 9.47 Å². The molecule has 0 radical (unpaired) electrons. The lowest BCUT2D eigenvalue weighted by Gasteiger charge is -2.21. The number of benzene rings is 1. The molecule has 1 heterocycles. The zero-order valence-electron chi connectivity index (χ0n) is 17.4. The number of aliphatic imine (C=N–C) groups is 1. The van der Waals surface area contributed by atoms with Crippen LogP contribution in [0.4, 0.5) is 0 Å². The van der Waals surface area contributed by atoms with Gasteiger partial charge in [-0.05, 0) is 62.6 Å². The number of ether oxygens (including phenoxy) is 2. The van der Waals surface area contributed by atoms with Crippen molar-refractivity contribution in [1.29, 1.82) is 0 Å². The first-order chi connectivity index (χ1) is 13.7. The third kappa shape index (κ3) is 8.23. The Bertz CT molecular complexity index is 634. The summed E-state index contributed by atoms with van der Waals surface area (Å²) in [7, 11) is 0. The number of rotatable bonds is 10. The van der Waals surface area contributed by atoms with Gasteiger partial charge in [0.25, 0.3) is 0 Å². The van der Waals surface area contributed by atoms with Gasteiger partial charge in [-0.2, -0.15) is 0 Å². The molecule has 1 saturated carbocycles. The first kappa shape index (κ1) is 24.7. The van der Waals surface area contributed by atoms with Crippen molar-refractivity contribution in [3.63, 3.8) is 0 Å². The fourth-order valence-electron chi connectivity index (χ4n) is 3.62. The number of hydrogen-bond donors (Lipinski definition) is 2. The smallest absolute Gasteiger partial charge is 0.191 e. The highest BCUT2D eigenvalue weighted by atomic mass is 127.